The molecule has 0 atom stereocenters. The number of carbonyl (C=O) groups excluding carboxylic acids is 2. The van der Waals surface area contributed by atoms with Crippen molar-refractivity contribution in [2.75, 3.05) is 0 Å². The van der Waals surface area contributed by atoms with E-state index in [9.17, 15) is 9.59 Å². The number of nitrogens with zero attached hydrogens (tertiary/aromatic N) is 2. The molecule has 2 amide bonds. The summed E-state index contributed by atoms with van der Waals surface area (Å²) in [7, 11) is 0. The quantitative estimate of drug-likeness (QED) is 0.828. The molecule has 4 nitrogen and oxygen atoms in total. The summed E-state index contributed by atoms with van der Waals surface area (Å²) in [5.74, 6) is 2.97. The molecule has 1 heterocycles. The Morgan fingerprint density at radius 2 is 1.52 bits per heavy atom. The van der Waals surface area contributed by atoms with Crippen molar-refractivity contribution >= 4 is 11.8 Å². The number of amides is 2. The van der Waals surface area contributed by atoms with Gasteiger partial charge in [0.05, 0.1) is 6.04 Å². The van der Waals surface area contributed by atoms with Crippen molar-refractivity contribution < 1.29 is 9.59 Å². The molecule has 25 heavy (non-hydrogen) atoms. The highest BCUT2D eigenvalue weighted by Crippen LogP contribution is 2.57. The summed E-state index contributed by atoms with van der Waals surface area (Å²) in [6, 6.07) is 9.61. The van der Waals surface area contributed by atoms with E-state index in [0.29, 0.717) is 17.4 Å². The normalized spacial score (nSPS) is 38.0. The first-order valence-corrected chi connectivity index (χ1v) is 9.70. The van der Waals surface area contributed by atoms with Gasteiger partial charge in [0, 0.05) is 5.56 Å². The van der Waals surface area contributed by atoms with Crippen LogP contribution in [0, 0.1) is 23.7 Å². The smallest absolute Gasteiger partial charge is 0.270 e. The number of hydrazine groups is 1. The highest BCUT2D eigenvalue weighted by Gasteiger charge is 2.62. The summed E-state index contributed by atoms with van der Waals surface area (Å²) in [4.78, 5) is 26.2. The van der Waals surface area contributed by atoms with E-state index < -0.39 is 5.54 Å². The molecule has 0 unspecified atom stereocenters. The van der Waals surface area contributed by atoms with E-state index in [2.05, 4.69) is 0 Å². The van der Waals surface area contributed by atoms with Crippen molar-refractivity contribution in [1.82, 2.24) is 10.0 Å². The van der Waals surface area contributed by atoms with Gasteiger partial charge < -0.3 is 0 Å². The molecule has 5 aliphatic rings. The van der Waals surface area contributed by atoms with Gasteiger partial charge in [0.1, 0.15) is 5.54 Å². The van der Waals surface area contributed by atoms with Crippen LogP contribution in [0.1, 0.15) is 56.3 Å². The molecule has 1 saturated heterocycles. The molecule has 0 N–H and O–H groups in total. The molecule has 1 aromatic rings. The lowest BCUT2D eigenvalue weighted by atomic mass is 9.53. The Balaban J connectivity index is 1.48. The second-order valence-corrected chi connectivity index (χ2v) is 9.11. The Hall–Kier alpha value is -1.84. The highest BCUT2D eigenvalue weighted by atomic mass is 16.2. The van der Waals surface area contributed by atoms with Crippen LogP contribution in [0.5, 0.6) is 0 Å². The van der Waals surface area contributed by atoms with Gasteiger partial charge in [-0.3, -0.25) is 9.59 Å². The van der Waals surface area contributed by atoms with E-state index >= 15 is 0 Å². The lowest BCUT2D eigenvalue weighted by molar-refractivity contribution is -0.230. The molecule has 4 bridgehead atoms. The lowest BCUT2D eigenvalue weighted by Gasteiger charge is -2.65. The van der Waals surface area contributed by atoms with Gasteiger partial charge in [-0.2, -0.15) is 0 Å². The van der Waals surface area contributed by atoms with E-state index in [1.165, 1.54) is 32.1 Å². The zero-order valence-corrected chi connectivity index (χ0v) is 15.0. The van der Waals surface area contributed by atoms with Gasteiger partial charge >= 0.3 is 0 Å². The van der Waals surface area contributed by atoms with Crippen LogP contribution >= 0.6 is 0 Å². The number of benzene rings is 1. The van der Waals surface area contributed by atoms with Crippen molar-refractivity contribution in [3.05, 3.63) is 35.9 Å². The Morgan fingerprint density at radius 1 is 0.960 bits per heavy atom. The van der Waals surface area contributed by atoms with E-state index in [0.717, 1.165) is 11.8 Å². The van der Waals surface area contributed by atoms with Crippen molar-refractivity contribution in [2.45, 2.75) is 57.5 Å². The van der Waals surface area contributed by atoms with Gasteiger partial charge in [-0.25, -0.2) is 10.0 Å². The van der Waals surface area contributed by atoms with Gasteiger partial charge in [-0.1, -0.05) is 18.2 Å². The second kappa shape index (κ2) is 5.09. The van der Waals surface area contributed by atoms with Crippen LogP contribution in [0.4, 0.5) is 0 Å². The van der Waals surface area contributed by atoms with E-state index in [-0.39, 0.29) is 17.9 Å². The fourth-order valence-electron chi connectivity index (χ4n) is 6.31. The topological polar surface area (TPSA) is 40.6 Å². The summed E-state index contributed by atoms with van der Waals surface area (Å²) < 4.78 is 0. The number of rotatable bonds is 2. The van der Waals surface area contributed by atoms with Crippen molar-refractivity contribution in [3.63, 3.8) is 0 Å². The third kappa shape index (κ3) is 2.06. The Kier molecular flexibility index (Phi) is 3.14. The summed E-state index contributed by atoms with van der Waals surface area (Å²) in [5.41, 5.74) is -0.0707. The second-order valence-electron chi connectivity index (χ2n) is 9.11. The Morgan fingerprint density at radius 3 is 2.08 bits per heavy atom. The largest absolute Gasteiger partial charge is 0.273 e. The first-order valence-electron chi connectivity index (χ1n) is 9.70. The average molecular weight is 338 g/mol. The fraction of sp³-hybridized carbons (Fsp3) is 0.619. The molecule has 0 spiro atoms. The molecule has 4 aliphatic carbocycles. The van der Waals surface area contributed by atoms with Crippen molar-refractivity contribution in [2.24, 2.45) is 23.7 Å². The van der Waals surface area contributed by atoms with Crippen LogP contribution in [0.3, 0.4) is 0 Å². The monoisotopic (exact) mass is 338 g/mol. The SMILES string of the molecule is CC1(C)C(=O)N(C2C3CC4CC(C3)CC2C4)N1C(=O)c1ccccc1. The van der Waals surface area contributed by atoms with E-state index in [1.54, 1.807) is 5.01 Å². The molecule has 6 rings (SSSR count). The van der Waals surface area contributed by atoms with Crippen LogP contribution in [-0.2, 0) is 4.79 Å². The predicted molar refractivity (Wildman–Crippen MR) is 94.4 cm³/mol. The van der Waals surface area contributed by atoms with Crippen LogP contribution in [0.25, 0.3) is 0 Å². The third-order valence-corrected chi connectivity index (χ3v) is 7.15. The molecule has 1 aliphatic heterocycles. The molecule has 4 heteroatoms. The minimum atomic E-state index is -0.735. The minimum absolute atomic E-state index is 0.0426. The summed E-state index contributed by atoms with van der Waals surface area (Å²) >= 11 is 0. The minimum Gasteiger partial charge on any atom is -0.270 e. The molecule has 4 saturated carbocycles. The van der Waals surface area contributed by atoms with Crippen LogP contribution < -0.4 is 0 Å². The van der Waals surface area contributed by atoms with E-state index in [1.807, 2.05) is 49.2 Å². The van der Waals surface area contributed by atoms with Gasteiger partial charge in [0.2, 0.25) is 0 Å². The Labute approximate surface area is 149 Å². The zero-order valence-electron chi connectivity index (χ0n) is 15.0. The number of hydrogen-bond acceptors (Lipinski definition) is 2. The average Bonchev–Trinajstić information content (AvgIpc) is 2.59. The van der Waals surface area contributed by atoms with Gasteiger partial charge in [0.15, 0.2) is 0 Å². The molecule has 1 aromatic carbocycles. The standard InChI is InChI=1S/C21H26N2O2/c1-21(2)20(25)22(23(21)19(24)15-6-4-3-5-7-15)18-16-9-13-8-14(11-16)12-17(18)10-13/h3-7,13-14,16-18H,8-12H2,1-2H3. The molecule has 0 aromatic heterocycles. The first kappa shape index (κ1) is 15.4. The highest BCUT2D eigenvalue weighted by molar-refractivity contribution is 6.04. The molecular formula is C21H26N2O2. The number of hydrogen-bond donors (Lipinski definition) is 0. The maximum atomic E-state index is 13.2. The maximum absolute atomic E-state index is 13.2. The third-order valence-electron chi connectivity index (χ3n) is 7.15. The number of carbonyl (C=O) groups is 2. The van der Waals surface area contributed by atoms with Gasteiger partial charge in [-0.05, 0) is 81.8 Å². The van der Waals surface area contributed by atoms with Crippen molar-refractivity contribution in [1.29, 1.82) is 0 Å². The summed E-state index contributed by atoms with van der Waals surface area (Å²) in [6.45, 7) is 3.76. The maximum Gasteiger partial charge on any atom is 0.273 e. The lowest BCUT2D eigenvalue weighted by Crippen LogP contribution is -2.80. The van der Waals surface area contributed by atoms with Crippen LogP contribution in [0.2, 0.25) is 0 Å². The Bertz CT molecular complexity index is 699. The molecule has 0 radical (unpaired) electrons. The van der Waals surface area contributed by atoms with Crippen LogP contribution in [0.15, 0.2) is 30.3 Å². The van der Waals surface area contributed by atoms with E-state index in [4.69, 9.17) is 0 Å². The predicted octanol–water partition coefficient (Wildman–Crippen LogP) is 3.49. The molecule has 132 valence electrons. The van der Waals surface area contributed by atoms with Gasteiger partial charge in [0.25, 0.3) is 11.8 Å². The van der Waals surface area contributed by atoms with Crippen LogP contribution in [-0.4, -0.2) is 33.4 Å². The molecular weight excluding hydrogens is 312 g/mol. The van der Waals surface area contributed by atoms with Gasteiger partial charge in [-0.15, -0.1) is 0 Å². The summed E-state index contributed by atoms with van der Waals surface area (Å²) in [5, 5.41) is 3.63. The first-order chi connectivity index (χ1) is 12.0. The molecule has 5 fully saturated rings. The van der Waals surface area contributed by atoms with Crippen molar-refractivity contribution in [3.8, 4) is 0 Å². The zero-order chi connectivity index (χ0) is 17.3. The summed E-state index contributed by atoms with van der Waals surface area (Å²) in [6.07, 6.45) is 6.38. The fourth-order valence-corrected chi connectivity index (χ4v) is 6.31.